The normalized spacial score (nSPS) is 15.4. The number of piperidine rings is 1. The minimum atomic E-state index is -0.213. The third-order valence-corrected chi connectivity index (χ3v) is 4.75. The van der Waals surface area contributed by atoms with Gasteiger partial charge < -0.3 is 10.2 Å². The molecule has 0 aromatic heterocycles. The van der Waals surface area contributed by atoms with Gasteiger partial charge in [-0.3, -0.25) is 4.79 Å². The molecule has 5 heteroatoms. The molecule has 1 amide bonds. The molecule has 2 aromatic carbocycles. The molecule has 2 aromatic rings. The van der Waals surface area contributed by atoms with E-state index in [1.165, 1.54) is 6.07 Å². The van der Waals surface area contributed by atoms with Crippen molar-refractivity contribution in [1.82, 2.24) is 0 Å². The van der Waals surface area contributed by atoms with Gasteiger partial charge in [-0.25, -0.2) is 4.39 Å². The van der Waals surface area contributed by atoms with E-state index in [-0.39, 0.29) is 17.6 Å². The molecule has 3 nitrogen and oxygen atoms in total. The number of nitrogens with zero attached hydrogens (tertiary/aromatic N) is 1. The smallest absolute Gasteiger partial charge is 0.227 e. The van der Waals surface area contributed by atoms with Crippen LogP contribution in [-0.4, -0.2) is 19.0 Å². The third kappa shape index (κ3) is 3.70. The van der Waals surface area contributed by atoms with E-state index in [2.05, 4.69) is 5.32 Å². The maximum Gasteiger partial charge on any atom is 0.227 e. The molecule has 24 heavy (non-hydrogen) atoms. The predicted molar refractivity (Wildman–Crippen MR) is 96.2 cm³/mol. The Morgan fingerprint density at radius 3 is 2.62 bits per heavy atom. The van der Waals surface area contributed by atoms with E-state index in [9.17, 15) is 9.18 Å². The number of halogens is 2. The number of anilines is 2. The minimum Gasteiger partial charge on any atom is -0.369 e. The molecule has 1 fully saturated rings. The lowest BCUT2D eigenvalue weighted by atomic mass is 9.95. The lowest BCUT2D eigenvalue weighted by Crippen LogP contribution is -2.38. The van der Waals surface area contributed by atoms with Gasteiger partial charge in [0, 0.05) is 29.7 Å². The first-order chi connectivity index (χ1) is 11.5. The number of benzene rings is 2. The van der Waals surface area contributed by atoms with Crippen LogP contribution in [0.25, 0.3) is 0 Å². The largest absolute Gasteiger partial charge is 0.369 e. The molecule has 1 aliphatic rings. The van der Waals surface area contributed by atoms with Crippen molar-refractivity contribution in [2.24, 2.45) is 5.92 Å². The summed E-state index contributed by atoms with van der Waals surface area (Å²) in [5, 5.41) is 3.57. The predicted octanol–water partition coefficient (Wildman–Crippen LogP) is 4.64. The molecule has 1 aliphatic heterocycles. The maximum atomic E-state index is 13.9. The van der Waals surface area contributed by atoms with Gasteiger partial charge in [-0.05, 0) is 49.6 Å². The van der Waals surface area contributed by atoms with Crippen molar-refractivity contribution in [2.45, 2.75) is 19.8 Å². The zero-order valence-electron chi connectivity index (χ0n) is 13.6. The molecule has 3 rings (SSSR count). The highest BCUT2D eigenvalue weighted by atomic mass is 35.5. The van der Waals surface area contributed by atoms with Crippen LogP contribution in [0.2, 0.25) is 5.02 Å². The second-order valence-electron chi connectivity index (χ2n) is 6.16. The monoisotopic (exact) mass is 346 g/mol. The number of para-hydroxylation sites is 1. The Bertz CT molecular complexity index is 742. The maximum absolute atomic E-state index is 13.9. The molecular weight excluding hydrogens is 327 g/mol. The second-order valence-corrected chi connectivity index (χ2v) is 6.60. The summed E-state index contributed by atoms with van der Waals surface area (Å²) in [6, 6.07) is 12.2. The van der Waals surface area contributed by atoms with Crippen molar-refractivity contribution in [3.05, 3.63) is 58.9 Å². The Balaban J connectivity index is 1.61. The van der Waals surface area contributed by atoms with Crippen molar-refractivity contribution in [3.63, 3.8) is 0 Å². The number of carbonyl (C=O) groups excluding carboxylic acids is 1. The van der Waals surface area contributed by atoms with E-state index < -0.39 is 0 Å². The van der Waals surface area contributed by atoms with Crippen molar-refractivity contribution >= 4 is 28.9 Å². The summed E-state index contributed by atoms with van der Waals surface area (Å²) >= 11 is 5.99. The standard InChI is InChI=1S/C19H20ClFN2O/c1-13-6-7-15(20)12-17(13)22-19(24)14-8-10-23(11-9-14)18-5-3-2-4-16(18)21/h2-7,12,14H,8-11H2,1H3,(H,22,24). The summed E-state index contributed by atoms with van der Waals surface area (Å²) in [6.07, 6.45) is 1.42. The first-order valence-electron chi connectivity index (χ1n) is 8.11. The number of amides is 1. The summed E-state index contributed by atoms with van der Waals surface area (Å²) in [5.41, 5.74) is 2.35. The van der Waals surface area contributed by atoms with Gasteiger partial charge >= 0.3 is 0 Å². The number of aryl methyl sites for hydroxylation is 1. The fraction of sp³-hybridized carbons (Fsp3) is 0.316. The molecule has 1 N–H and O–H groups in total. The second kappa shape index (κ2) is 7.22. The number of rotatable bonds is 3. The van der Waals surface area contributed by atoms with Crippen molar-refractivity contribution in [2.75, 3.05) is 23.3 Å². The molecule has 126 valence electrons. The van der Waals surface area contributed by atoms with E-state index in [4.69, 9.17) is 11.6 Å². The lowest BCUT2D eigenvalue weighted by molar-refractivity contribution is -0.120. The number of carbonyl (C=O) groups is 1. The highest BCUT2D eigenvalue weighted by Crippen LogP contribution is 2.27. The molecular formula is C19H20ClFN2O. The number of hydrogen-bond donors (Lipinski definition) is 1. The van der Waals surface area contributed by atoms with E-state index in [0.29, 0.717) is 36.6 Å². The lowest BCUT2D eigenvalue weighted by Gasteiger charge is -2.33. The van der Waals surface area contributed by atoms with E-state index in [0.717, 1.165) is 11.3 Å². The summed E-state index contributed by atoms with van der Waals surface area (Å²) in [4.78, 5) is 14.5. The highest BCUT2D eigenvalue weighted by Gasteiger charge is 2.26. The van der Waals surface area contributed by atoms with Crippen molar-refractivity contribution in [3.8, 4) is 0 Å². The van der Waals surface area contributed by atoms with Gasteiger partial charge in [0.25, 0.3) is 0 Å². The van der Waals surface area contributed by atoms with Crippen LogP contribution in [0.4, 0.5) is 15.8 Å². The molecule has 0 spiro atoms. The fourth-order valence-electron chi connectivity index (χ4n) is 3.05. The summed E-state index contributed by atoms with van der Waals surface area (Å²) < 4.78 is 13.9. The summed E-state index contributed by atoms with van der Waals surface area (Å²) in [7, 11) is 0. The van der Waals surface area contributed by atoms with E-state index in [1.807, 2.05) is 24.0 Å². The molecule has 0 unspecified atom stereocenters. The van der Waals surface area contributed by atoms with Gasteiger partial charge in [0.15, 0.2) is 0 Å². The Morgan fingerprint density at radius 1 is 1.21 bits per heavy atom. The van der Waals surface area contributed by atoms with Crippen LogP contribution in [0, 0.1) is 18.7 Å². The molecule has 0 atom stereocenters. The average Bonchev–Trinajstić information content (AvgIpc) is 2.59. The van der Waals surface area contributed by atoms with Gasteiger partial charge in [0.05, 0.1) is 5.69 Å². The van der Waals surface area contributed by atoms with Crippen molar-refractivity contribution in [1.29, 1.82) is 0 Å². The molecule has 0 bridgehead atoms. The van der Waals surface area contributed by atoms with Crippen LogP contribution in [-0.2, 0) is 4.79 Å². The Labute approximate surface area is 146 Å². The zero-order valence-corrected chi connectivity index (χ0v) is 14.3. The van der Waals surface area contributed by atoms with Crippen molar-refractivity contribution < 1.29 is 9.18 Å². The first-order valence-corrected chi connectivity index (χ1v) is 8.49. The quantitative estimate of drug-likeness (QED) is 0.877. The highest BCUT2D eigenvalue weighted by molar-refractivity contribution is 6.31. The van der Waals surface area contributed by atoms with Crippen LogP contribution in [0.15, 0.2) is 42.5 Å². The van der Waals surface area contributed by atoms with Crippen LogP contribution < -0.4 is 10.2 Å². The number of nitrogens with one attached hydrogen (secondary N) is 1. The molecule has 1 heterocycles. The van der Waals surface area contributed by atoms with Crippen LogP contribution in [0.5, 0.6) is 0 Å². The van der Waals surface area contributed by atoms with Gasteiger partial charge in [0.1, 0.15) is 5.82 Å². The van der Waals surface area contributed by atoms with Gasteiger partial charge in [0.2, 0.25) is 5.91 Å². The Hall–Kier alpha value is -2.07. The minimum absolute atomic E-state index is 0.00792. The first kappa shape index (κ1) is 16.8. The Morgan fingerprint density at radius 2 is 1.92 bits per heavy atom. The van der Waals surface area contributed by atoms with Crippen LogP contribution >= 0.6 is 11.6 Å². The van der Waals surface area contributed by atoms with Crippen LogP contribution in [0.1, 0.15) is 18.4 Å². The summed E-state index contributed by atoms with van der Waals surface area (Å²) in [5.74, 6) is -0.269. The molecule has 0 radical (unpaired) electrons. The summed E-state index contributed by atoms with van der Waals surface area (Å²) in [6.45, 7) is 3.29. The van der Waals surface area contributed by atoms with E-state index in [1.54, 1.807) is 24.3 Å². The van der Waals surface area contributed by atoms with Gasteiger partial charge in [-0.2, -0.15) is 0 Å². The third-order valence-electron chi connectivity index (χ3n) is 4.52. The molecule has 0 saturated carbocycles. The van der Waals surface area contributed by atoms with Gasteiger partial charge in [-0.1, -0.05) is 29.8 Å². The zero-order chi connectivity index (χ0) is 17.1. The average molecular weight is 347 g/mol. The van der Waals surface area contributed by atoms with E-state index >= 15 is 0 Å². The fourth-order valence-corrected chi connectivity index (χ4v) is 3.23. The topological polar surface area (TPSA) is 32.3 Å². The number of hydrogen-bond acceptors (Lipinski definition) is 2. The molecule has 0 aliphatic carbocycles. The Kier molecular flexibility index (Phi) is 5.05. The van der Waals surface area contributed by atoms with Crippen LogP contribution in [0.3, 0.4) is 0 Å². The molecule has 1 saturated heterocycles. The SMILES string of the molecule is Cc1ccc(Cl)cc1NC(=O)C1CCN(c2ccccc2F)CC1. The van der Waals surface area contributed by atoms with Gasteiger partial charge in [-0.15, -0.1) is 0 Å².